The first-order valence-electron chi connectivity index (χ1n) is 18.8. The zero-order valence-corrected chi connectivity index (χ0v) is 31.1. The molecule has 0 aliphatic carbocycles. The van der Waals surface area contributed by atoms with Gasteiger partial charge in [-0.1, -0.05) is 187 Å². The van der Waals surface area contributed by atoms with Gasteiger partial charge in [-0.25, -0.2) is 0 Å². The fourth-order valence-corrected chi connectivity index (χ4v) is 7.13. The molecule has 0 saturated carbocycles. The standard InChI is InChI=1S/C38H71O2PS2/c1-3-5-7-9-11-13-15-17-19-21-23-25-27-29-31-36-33-37(35-38(34-36)40-41(39,42)43)32-30-28-26-24-22-20-18-16-14-12-10-8-6-4-2/h33-35H,3-32H2,1-2H3,(H2,39,42,43)/p-2. The van der Waals surface area contributed by atoms with E-state index in [1.807, 2.05) is 12.1 Å². The predicted octanol–water partition coefficient (Wildman–Crippen LogP) is 13.2. The maximum absolute atomic E-state index is 12.0. The van der Waals surface area contributed by atoms with Gasteiger partial charge in [0.1, 0.15) is 0 Å². The highest BCUT2D eigenvalue weighted by atomic mass is 33.1. The first kappa shape index (κ1) is 41.1. The SMILES string of the molecule is CCCCCCCCCCCCCCCCc1cc(CCCCCCCCCCCCCCCC)cc(O[P+]([O-])([S-])[S-])c1. The van der Waals surface area contributed by atoms with Crippen LogP contribution in [0.3, 0.4) is 0 Å². The Bertz CT molecular complexity index is 687. The fraction of sp³-hybridized carbons (Fsp3) is 0.842. The van der Waals surface area contributed by atoms with E-state index in [0.29, 0.717) is 5.75 Å². The van der Waals surface area contributed by atoms with E-state index in [0.717, 1.165) is 12.8 Å². The van der Waals surface area contributed by atoms with Gasteiger partial charge in [-0.15, -0.1) is 6.12 Å². The van der Waals surface area contributed by atoms with Crippen molar-refractivity contribution in [3.8, 4) is 5.75 Å². The molecule has 0 fully saturated rings. The Morgan fingerprint density at radius 2 is 0.698 bits per heavy atom. The van der Waals surface area contributed by atoms with E-state index in [1.165, 1.54) is 191 Å². The van der Waals surface area contributed by atoms with Gasteiger partial charge in [0, 0.05) is 0 Å². The summed E-state index contributed by atoms with van der Waals surface area (Å²) in [5.74, 6) is 0.608. The minimum absolute atomic E-state index is 0.608. The van der Waals surface area contributed by atoms with Gasteiger partial charge in [0.15, 0.2) is 5.75 Å². The average molecular weight is 653 g/mol. The Morgan fingerprint density at radius 3 is 0.953 bits per heavy atom. The summed E-state index contributed by atoms with van der Waals surface area (Å²) in [6.07, 6.45) is 37.2. The summed E-state index contributed by atoms with van der Waals surface area (Å²) < 4.78 is 5.52. The van der Waals surface area contributed by atoms with Crippen molar-refractivity contribution in [2.45, 2.75) is 206 Å². The monoisotopic (exact) mass is 652 g/mol. The second-order valence-corrected chi connectivity index (χ2v) is 17.9. The molecule has 0 aliphatic rings. The van der Waals surface area contributed by atoms with Crippen LogP contribution in [0.15, 0.2) is 18.2 Å². The van der Waals surface area contributed by atoms with Gasteiger partial charge in [0.05, 0.1) is 0 Å². The molecule has 0 aromatic heterocycles. The molecule has 5 heteroatoms. The summed E-state index contributed by atoms with van der Waals surface area (Å²) in [6.45, 7) is 4.58. The van der Waals surface area contributed by atoms with E-state index in [2.05, 4.69) is 19.9 Å². The number of unbranched alkanes of at least 4 members (excludes halogenated alkanes) is 26. The molecular formula is C38H69O2PS2-2. The van der Waals surface area contributed by atoms with E-state index in [4.69, 9.17) is 29.0 Å². The molecule has 0 aliphatic heterocycles. The largest absolute Gasteiger partial charge is 0.682 e. The van der Waals surface area contributed by atoms with Crippen LogP contribution in [0.4, 0.5) is 0 Å². The Kier molecular flexibility index (Phi) is 28.2. The first-order chi connectivity index (χ1) is 20.9. The maximum Gasteiger partial charge on any atom is 0.168 e. The second kappa shape index (κ2) is 29.5. The third-order valence-electron chi connectivity index (χ3n) is 8.88. The zero-order valence-electron chi connectivity index (χ0n) is 28.5. The molecule has 2 nitrogen and oxygen atoms in total. The van der Waals surface area contributed by atoms with E-state index in [1.54, 1.807) is 0 Å². The molecule has 0 heterocycles. The number of aryl methyl sites for hydroxylation is 2. The van der Waals surface area contributed by atoms with Gasteiger partial charge in [-0.05, 0) is 48.9 Å². The number of hydrogen-bond acceptors (Lipinski definition) is 4. The van der Waals surface area contributed by atoms with Crippen molar-refractivity contribution in [3.05, 3.63) is 29.3 Å². The van der Waals surface area contributed by atoms with Gasteiger partial charge in [0.25, 0.3) is 0 Å². The second-order valence-electron chi connectivity index (χ2n) is 13.2. The Hall–Kier alpha value is 0.110. The van der Waals surface area contributed by atoms with Gasteiger partial charge in [-0.3, -0.25) is 0 Å². The molecule has 0 N–H and O–H groups in total. The van der Waals surface area contributed by atoms with Gasteiger partial charge < -0.3 is 33.9 Å². The molecule has 0 atom stereocenters. The Labute approximate surface area is 280 Å². The molecular weight excluding hydrogens is 584 g/mol. The molecule has 0 unspecified atom stereocenters. The minimum atomic E-state index is -3.38. The highest BCUT2D eigenvalue weighted by Gasteiger charge is 2.07. The van der Waals surface area contributed by atoms with Crippen molar-refractivity contribution in [1.29, 1.82) is 0 Å². The van der Waals surface area contributed by atoms with E-state index in [-0.39, 0.29) is 0 Å². The lowest BCUT2D eigenvalue weighted by Crippen LogP contribution is -2.09. The fourth-order valence-electron chi connectivity index (χ4n) is 6.25. The molecule has 0 radical (unpaired) electrons. The van der Waals surface area contributed by atoms with Gasteiger partial charge in [-0.2, -0.15) is 0 Å². The lowest BCUT2D eigenvalue weighted by molar-refractivity contribution is -0.169. The molecule has 0 bridgehead atoms. The maximum atomic E-state index is 12.0. The van der Waals surface area contributed by atoms with Crippen LogP contribution in [0.2, 0.25) is 0 Å². The van der Waals surface area contributed by atoms with Crippen LogP contribution in [0.25, 0.3) is 0 Å². The summed E-state index contributed by atoms with van der Waals surface area (Å²) in [4.78, 5) is 12.0. The number of hydrogen-bond donors (Lipinski definition) is 0. The third kappa shape index (κ3) is 28.1. The summed E-state index contributed by atoms with van der Waals surface area (Å²) in [7, 11) is 0. The van der Waals surface area contributed by atoms with Crippen LogP contribution >= 0.6 is 6.12 Å². The molecule has 43 heavy (non-hydrogen) atoms. The summed E-state index contributed by atoms with van der Waals surface area (Å²) >= 11 is 9.81. The van der Waals surface area contributed by atoms with Crippen molar-refractivity contribution in [2.75, 3.05) is 0 Å². The number of benzene rings is 1. The third-order valence-corrected chi connectivity index (χ3v) is 9.76. The van der Waals surface area contributed by atoms with Crippen molar-refractivity contribution in [3.63, 3.8) is 0 Å². The zero-order chi connectivity index (χ0) is 31.3. The summed E-state index contributed by atoms with van der Waals surface area (Å²) in [5.41, 5.74) is 2.55. The highest BCUT2D eigenvalue weighted by molar-refractivity contribution is 8.69. The average Bonchev–Trinajstić information content (AvgIpc) is 2.96. The van der Waals surface area contributed by atoms with Crippen molar-refractivity contribution in [1.82, 2.24) is 0 Å². The van der Waals surface area contributed by atoms with Crippen molar-refractivity contribution in [2.24, 2.45) is 0 Å². The molecule has 1 aromatic rings. The minimum Gasteiger partial charge on any atom is -0.682 e. The smallest absolute Gasteiger partial charge is 0.168 e. The van der Waals surface area contributed by atoms with Gasteiger partial charge >= 0.3 is 0 Å². The Morgan fingerprint density at radius 1 is 0.442 bits per heavy atom. The van der Waals surface area contributed by atoms with E-state index < -0.39 is 6.12 Å². The Balaban J connectivity index is 2.18. The van der Waals surface area contributed by atoms with Crippen LogP contribution in [-0.2, 0) is 37.3 Å². The molecule has 0 spiro atoms. The normalized spacial score (nSPS) is 11.8. The molecule has 252 valence electrons. The molecule has 1 aromatic carbocycles. The van der Waals surface area contributed by atoms with Crippen molar-refractivity contribution >= 4 is 30.6 Å². The molecule has 0 amide bonds. The van der Waals surface area contributed by atoms with E-state index >= 15 is 0 Å². The summed E-state index contributed by atoms with van der Waals surface area (Å²) in [6, 6.07) is 6.36. The molecule has 1 rings (SSSR count). The van der Waals surface area contributed by atoms with Crippen LogP contribution in [0.1, 0.15) is 205 Å². The highest BCUT2D eigenvalue weighted by Crippen LogP contribution is 2.46. The van der Waals surface area contributed by atoms with Crippen LogP contribution < -0.4 is 9.42 Å². The van der Waals surface area contributed by atoms with Crippen LogP contribution in [0.5, 0.6) is 5.75 Å². The first-order valence-corrected chi connectivity index (χ1v) is 22.4. The summed E-state index contributed by atoms with van der Waals surface area (Å²) in [5, 5.41) is 0. The molecule has 0 saturated heterocycles. The topological polar surface area (TPSA) is 32.3 Å². The quantitative estimate of drug-likeness (QED) is 0.0440. The van der Waals surface area contributed by atoms with Crippen LogP contribution in [0, 0.1) is 0 Å². The van der Waals surface area contributed by atoms with E-state index in [9.17, 15) is 4.89 Å². The van der Waals surface area contributed by atoms with Crippen LogP contribution in [-0.4, -0.2) is 0 Å². The van der Waals surface area contributed by atoms with Gasteiger partial charge in [0.2, 0.25) is 0 Å². The number of rotatable bonds is 32. The van der Waals surface area contributed by atoms with Crippen molar-refractivity contribution < 1.29 is 9.42 Å². The lowest BCUT2D eigenvalue weighted by atomic mass is 9.99. The predicted molar refractivity (Wildman–Crippen MR) is 197 cm³/mol. The lowest BCUT2D eigenvalue weighted by Gasteiger charge is -2.42.